The van der Waals surface area contributed by atoms with Gasteiger partial charge in [0.15, 0.2) is 5.13 Å². The molecule has 3 aromatic rings. The van der Waals surface area contributed by atoms with Crippen molar-refractivity contribution in [1.29, 1.82) is 0 Å². The molecule has 19 heavy (non-hydrogen) atoms. The molecule has 0 saturated carbocycles. The molecule has 1 N–H and O–H groups in total. The molecule has 0 bridgehead atoms. The lowest BCUT2D eigenvalue weighted by molar-refractivity contribution is 1.38. The van der Waals surface area contributed by atoms with Gasteiger partial charge in [0.05, 0.1) is 5.69 Å². The summed E-state index contributed by atoms with van der Waals surface area (Å²) in [6.07, 6.45) is 0. The second kappa shape index (κ2) is 5.43. The van der Waals surface area contributed by atoms with Crippen LogP contribution >= 0.6 is 22.9 Å². The molecule has 0 fully saturated rings. The van der Waals surface area contributed by atoms with Gasteiger partial charge in [-0.2, -0.15) is 0 Å². The molecule has 94 valence electrons. The molecule has 0 atom stereocenters. The Hall–Kier alpha value is -1.84. The van der Waals surface area contributed by atoms with Gasteiger partial charge in [0.1, 0.15) is 0 Å². The maximum absolute atomic E-state index is 5.88. The van der Waals surface area contributed by atoms with Crippen LogP contribution in [0.4, 0.5) is 10.8 Å². The minimum absolute atomic E-state index is 0.738. The fourth-order valence-electron chi connectivity index (χ4n) is 1.73. The van der Waals surface area contributed by atoms with E-state index < -0.39 is 0 Å². The molecule has 1 heterocycles. The number of aromatic nitrogens is 1. The number of halogens is 1. The highest BCUT2D eigenvalue weighted by Crippen LogP contribution is 2.27. The molecule has 0 amide bonds. The predicted octanol–water partition coefficient (Wildman–Crippen LogP) is 5.21. The zero-order chi connectivity index (χ0) is 13.1. The minimum Gasteiger partial charge on any atom is -0.332 e. The molecule has 2 aromatic carbocycles. The number of nitrogens with zero attached hydrogens (tertiary/aromatic N) is 1. The van der Waals surface area contributed by atoms with Crippen molar-refractivity contribution < 1.29 is 0 Å². The zero-order valence-electron chi connectivity index (χ0n) is 10.0. The number of hydrogen-bond acceptors (Lipinski definition) is 3. The molecule has 0 aliphatic heterocycles. The van der Waals surface area contributed by atoms with Crippen molar-refractivity contribution >= 4 is 33.8 Å². The van der Waals surface area contributed by atoms with Crippen molar-refractivity contribution in [2.45, 2.75) is 0 Å². The number of benzene rings is 2. The summed E-state index contributed by atoms with van der Waals surface area (Å²) in [7, 11) is 0. The van der Waals surface area contributed by atoms with E-state index in [0.717, 1.165) is 27.1 Å². The molecule has 0 radical (unpaired) electrons. The van der Waals surface area contributed by atoms with E-state index in [1.165, 1.54) is 0 Å². The second-order valence-electron chi connectivity index (χ2n) is 4.04. The van der Waals surface area contributed by atoms with E-state index in [1.54, 1.807) is 11.3 Å². The number of thiazole rings is 1. The Kier molecular flexibility index (Phi) is 3.49. The van der Waals surface area contributed by atoms with Gasteiger partial charge in [0.25, 0.3) is 0 Å². The van der Waals surface area contributed by atoms with E-state index in [9.17, 15) is 0 Å². The first kappa shape index (κ1) is 12.2. The summed E-state index contributed by atoms with van der Waals surface area (Å²) in [5.74, 6) is 0. The normalized spacial score (nSPS) is 10.4. The van der Waals surface area contributed by atoms with Gasteiger partial charge < -0.3 is 5.32 Å². The highest BCUT2D eigenvalue weighted by atomic mass is 35.5. The van der Waals surface area contributed by atoms with Gasteiger partial charge in [-0.05, 0) is 24.3 Å². The van der Waals surface area contributed by atoms with Crippen LogP contribution in [-0.2, 0) is 0 Å². The molecule has 1 aromatic heterocycles. The lowest BCUT2D eigenvalue weighted by Crippen LogP contribution is -1.88. The van der Waals surface area contributed by atoms with Crippen LogP contribution in [0, 0.1) is 0 Å². The molecular formula is C15H11ClN2S. The van der Waals surface area contributed by atoms with Crippen LogP contribution < -0.4 is 5.32 Å². The molecule has 3 rings (SSSR count). The SMILES string of the molecule is Clc1ccc(-c2csc(Nc3ccccc3)n2)cc1. The third kappa shape index (κ3) is 2.95. The van der Waals surface area contributed by atoms with Crippen molar-refractivity contribution in [1.82, 2.24) is 4.98 Å². The summed E-state index contributed by atoms with van der Waals surface area (Å²) < 4.78 is 0. The largest absolute Gasteiger partial charge is 0.332 e. The quantitative estimate of drug-likeness (QED) is 0.715. The smallest absolute Gasteiger partial charge is 0.187 e. The van der Waals surface area contributed by atoms with Crippen LogP contribution in [0.25, 0.3) is 11.3 Å². The Bertz CT molecular complexity index is 662. The van der Waals surface area contributed by atoms with Crippen molar-refractivity contribution in [3.8, 4) is 11.3 Å². The van der Waals surface area contributed by atoms with Gasteiger partial charge in [0.2, 0.25) is 0 Å². The lowest BCUT2D eigenvalue weighted by Gasteiger charge is -2.01. The first-order valence-electron chi connectivity index (χ1n) is 5.85. The van der Waals surface area contributed by atoms with E-state index in [4.69, 9.17) is 11.6 Å². The fraction of sp³-hybridized carbons (Fsp3) is 0. The van der Waals surface area contributed by atoms with Gasteiger partial charge in [0, 0.05) is 21.7 Å². The molecule has 2 nitrogen and oxygen atoms in total. The summed E-state index contributed by atoms with van der Waals surface area (Å²) in [4.78, 5) is 4.57. The van der Waals surface area contributed by atoms with Crippen LogP contribution in [0.1, 0.15) is 0 Å². The van der Waals surface area contributed by atoms with Crippen LogP contribution in [0.2, 0.25) is 5.02 Å². The Balaban J connectivity index is 1.82. The maximum atomic E-state index is 5.88. The molecule has 0 unspecified atom stereocenters. The van der Waals surface area contributed by atoms with Crippen LogP contribution in [0.3, 0.4) is 0 Å². The van der Waals surface area contributed by atoms with E-state index in [0.29, 0.717) is 0 Å². The average Bonchev–Trinajstić information content (AvgIpc) is 2.89. The number of nitrogens with one attached hydrogen (secondary N) is 1. The third-order valence-electron chi connectivity index (χ3n) is 2.67. The topological polar surface area (TPSA) is 24.9 Å². The summed E-state index contributed by atoms with van der Waals surface area (Å²) >= 11 is 7.47. The lowest BCUT2D eigenvalue weighted by atomic mass is 10.2. The van der Waals surface area contributed by atoms with Crippen molar-refractivity contribution in [2.24, 2.45) is 0 Å². The Morgan fingerprint density at radius 3 is 2.42 bits per heavy atom. The molecule has 0 aliphatic carbocycles. The maximum Gasteiger partial charge on any atom is 0.187 e. The first-order valence-corrected chi connectivity index (χ1v) is 7.10. The Morgan fingerprint density at radius 2 is 1.68 bits per heavy atom. The molecule has 0 saturated heterocycles. The summed E-state index contributed by atoms with van der Waals surface area (Å²) in [6.45, 7) is 0. The van der Waals surface area contributed by atoms with Crippen LogP contribution in [0.5, 0.6) is 0 Å². The standard InChI is InChI=1S/C15H11ClN2S/c16-12-8-6-11(7-9-12)14-10-19-15(18-14)17-13-4-2-1-3-5-13/h1-10H,(H,17,18). The van der Waals surface area contributed by atoms with E-state index >= 15 is 0 Å². The monoisotopic (exact) mass is 286 g/mol. The zero-order valence-corrected chi connectivity index (χ0v) is 11.6. The fourth-order valence-corrected chi connectivity index (χ4v) is 2.60. The second-order valence-corrected chi connectivity index (χ2v) is 5.33. The Morgan fingerprint density at radius 1 is 0.947 bits per heavy atom. The summed E-state index contributed by atoms with van der Waals surface area (Å²) in [6, 6.07) is 17.7. The van der Waals surface area contributed by atoms with E-state index in [-0.39, 0.29) is 0 Å². The number of hydrogen-bond donors (Lipinski definition) is 1. The van der Waals surface area contributed by atoms with Crippen molar-refractivity contribution in [3.63, 3.8) is 0 Å². The molecular weight excluding hydrogens is 276 g/mol. The minimum atomic E-state index is 0.738. The third-order valence-corrected chi connectivity index (χ3v) is 3.68. The summed E-state index contributed by atoms with van der Waals surface area (Å²) in [5.41, 5.74) is 3.07. The van der Waals surface area contributed by atoms with Gasteiger partial charge in [-0.15, -0.1) is 11.3 Å². The average molecular weight is 287 g/mol. The molecule has 0 spiro atoms. The van der Waals surface area contributed by atoms with Gasteiger partial charge in [-0.25, -0.2) is 4.98 Å². The number of anilines is 2. The first-order chi connectivity index (χ1) is 9.31. The van der Waals surface area contributed by atoms with Gasteiger partial charge in [-0.1, -0.05) is 41.9 Å². The highest BCUT2D eigenvalue weighted by molar-refractivity contribution is 7.14. The van der Waals surface area contributed by atoms with E-state index in [1.807, 2.05) is 60.0 Å². The predicted molar refractivity (Wildman–Crippen MR) is 82.3 cm³/mol. The Labute approximate surface area is 120 Å². The molecule has 4 heteroatoms. The summed E-state index contributed by atoms with van der Waals surface area (Å²) in [5, 5.41) is 6.95. The highest BCUT2D eigenvalue weighted by Gasteiger charge is 2.04. The van der Waals surface area contributed by atoms with Crippen LogP contribution in [0.15, 0.2) is 60.0 Å². The van der Waals surface area contributed by atoms with Crippen molar-refractivity contribution in [3.05, 3.63) is 65.0 Å². The van der Waals surface area contributed by atoms with E-state index in [2.05, 4.69) is 10.3 Å². The van der Waals surface area contributed by atoms with Gasteiger partial charge >= 0.3 is 0 Å². The number of para-hydroxylation sites is 1. The van der Waals surface area contributed by atoms with Crippen molar-refractivity contribution in [2.75, 3.05) is 5.32 Å². The number of rotatable bonds is 3. The molecule has 0 aliphatic rings. The van der Waals surface area contributed by atoms with Crippen LogP contribution in [-0.4, -0.2) is 4.98 Å². The van der Waals surface area contributed by atoms with Gasteiger partial charge in [-0.3, -0.25) is 0 Å².